The Hall–Kier alpha value is -3.64. The molecule has 166 valence electrons. The van der Waals surface area contributed by atoms with Crippen molar-refractivity contribution in [2.24, 2.45) is 5.73 Å². The number of carbonyl (C=O) groups excluding carboxylic acids is 3. The Morgan fingerprint density at radius 3 is 3.00 bits per heavy atom. The third-order valence-electron chi connectivity index (χ3n) is 4.48. The Kier molecular flexibility index (Phi) is 6.52. The van der Waals surface area contributed by atoms with Gasteiger partial charge in [-0.3, -0.25) is 19.1 Å². The first-order valence-corrected chi connectivity index (χ1v) is 10.7. The summed E-state index contributed by atoms with van der Waals surface area (Å²) in [6.07, 6.45) is 3.63. The number of nitrogens with two attached hydrogens (primary N) is 1. The summed E-state index contributed by atoms with van der Waals surface area (Å²) >= 11 is 1.29. The van der Waals surface area contributed by atoms with E-state index in [1.54, 1.807) is 23.7 Å². The van der Waals surface area contributed by atoms with Crippen molar-refractivity contribution in [1.29, 1.82) is 0 Å². The number of pyridine rings is 1. The number of hydrogen-bond acceptors (Lipinski definition) is 9. The molecule has 4 rings (SSSR count). The summed E-state index contributed by atoms with van der Waals surface area (Å²) in [6, 6.07) is 3.52. The SMILES string of the molecule is NC(=O)Cn1cc2c(n1)C(=O)CCCOCCOc1cc(ccn1)-c1nc(cs1)C(=O)N2. The Labute approximate surface area is 186 Å². The summed E-state index contributed by atoms with van der Waals surface area (Å²) in [7, 11) is 0. The van der Waals surface area contributed by atoms with Crippen molar-refractivity contribution in [3.63, 3.8) is 0 Å². The van der Waals surface area contributed by atoms with E-state index in [0.29, 0.717) is 37.1 Å². The molecule has 0 unspecified atom stereocenters. The molecule has 3 aromatic heterocycles. The minimum absolute atomic E-state index is 0.0540. The highest BCUT2D eigenvalue weighted by atomic mass is 32.1. The molecule has 4 bridgehead atoms. The molecule has 4 heterocycles. The van der Waals surface area contributed by atoms with Crippen LogP contribution in [0.5, 0.6) is 5.88 Å². The van der Waals surface area contributed by atoms with E-state index >= 15 is 0 Å². The predicted molar refractivity (Wildman–Crippen MR) is 115 cm³/mol. The standard InChI is InChI=1S/C20H20N6O5S/c21-16(28)10-26-9-13-18(25-26)15(27)2-1-5-30-6-7-31-17-8-12(3-4-22-17)20-24-14(11-32-20)19(29)23-13/h3-4,8-9,11H,1-2,5-7,10H2,(H2,21,28)(H,23,29). The lowest BCUT2D eigenvalue weighted by molar-refractivity contribution is -0.118. The Balaban J connectivity index is 1.65. The van der Waals surface area contributed by atoms with Crippen molar-refractivity contribution in [1.82, 2.24) is 19.7 Å². The molecule has 11 nitrogen and oxygen atoms in total. The van der Waals surface area contributed by atoms with E-state index in [0.717, 1.165) is 5.56 Å². The second kappa shape index (κ2) is 9.66. The van der Waals surface area contributed by atoms with Crippen LogP contribution in [-0.4, -0.2) is 57.2 Å². The first-order valence-electron chi connectivity index (χ1n) is 9.82. The van der Waals surface area contributed by atoms with E-state index in [1.165, 1.54) is 22.2 Å². The van der Waals surface area contributed by atoms with Crippen molar-refractivity contribution in [3.8, 4) is 16.5 Å². The van der Waals surface area contributed by atoms with Gasteiger partial charge in [0, 0.05) is 42.4 Å². The van der Waals surface area contributed by atoms with E-state index in [9.17, 15) is 14.4 Å². The van der Waals surface area contributed by atoms with Crippen molar-refractivity contribution >= 4 is 34.6 Å². The van der Waals surface area contributed by atoms with E-state index in [2.05, 4.69) is 20.4 Å². The first-order chi connectivity index (χ1) is 15.5. The highest BCUT2D eigenvalue weighted by Crippen LogP contribution is 2.26. The quantitative estimate of drug-likeness (QED) is 0.589. The second-order valence-corrected chi connectivity index (χ2v) is 7.78. The number of carbonyl (C=O) groups is 3. The molecule has 0 atom stereocenters. The van der Waals surface area contributed by atoms with Gasteiger partial charge < -0.3 is 20.5 Å². The molecule has 0 saturated heterocycles. The number of rotatable bonds is 2. The smallest absolute Gasteiger partial charge is 0.275 e. The van der Waals surface area contributed by atoms with Gasteiger partial charge in [-0.1, -0.05) is 0 Å². The fourth-order valence-electron chi connectivity index (χ4n) is 3.04. The fourth-order valence-corrected chi connectivity index (χ4v) is 3.84. The van der Waals surface area contributed by atoms with Gasteiger partial charge in [0.25, 0.3) is 5.91 Å². The van der Waals surface area contributed by atoms with Gasteiger partial charge >= 0.3 is 0 Å². The summed E-state index contributed by atoms with van der Waals surface area (Å²) in [5.74, 6) is -0.987. The molecule has 0 saturated carbocycles. The summed E-state index contributed by atoms with van der Waals surface area (Å²) in [6.45, 7) is 0.782. The highest BCUT2D eigenvalue weighted by Gasteiger charge is 2.21. The maximum absolute atomic E-state index is 12.8. The minimum Gasteiger partial charge on any atom is -0.475 e. The third kappa shape index (κ3) is 5.15. The average molecular weight is 456 g/mol. The number of amides is 2. The van der Waals surface area contributed by atoms with Crippen LogP contribution in [0.4, 0.5) is 5.69 Å². The van der Waals surface area contributed by atoms with Crippen molar-refractivity contribution in [2.75, 3.05) is 25.1 Å². The zero-order valence-electron chi connectivity index (χ0n) is 16.9. The molecular formula is C20H20N6O5S. The number of hydrogen-bond donors (Lipinski definition) is 2. The Bertz CT molecular complexity index is 1160. The fraction of sp³-hybridized carbons (Fsp3) is 0.300. The summed E-state index contributed by atoms with van der Waals surface area (Å²) in [5, 5.41) is 9.04. The summed E-state index contributed by atoms with van der Waals surface area (Å²) < 4.78 is 12.3. The third-order valence-corrected chi connectivity index (χ3v) is 5.37. The predicted octanol–water partition coefficient (Wildman–Crippen LogP) is 1.51. The zero-order chi connectivity index (χ0) is 22.5. The molecule has 2 amide bonds. The summed E-state index contributed by atoms with van der Waals surface area (Å²) in [5.41, 5.74) is 6.41. The van der Waals surface area contributed by atoms with Crippen LogP contribution in [0.1, 0.15) is 33.8 Å². The van der Waals surface area contributed by atoms with Crippen LogP contribution in [0, 0.1) is 0 Å². The molecule has 0 aliphatic carbocycles. The average Bonchev–Trinajstić information content (AvgIpc) is 3.40. The number of ether oxygens (including phenoxy) is 2. The van der Waals surface area contributed by atoms with Gasteiger partial charge in [0.15, 0.2) is 11.5 Å². The van der Waals surface area contributed by atoms with Gasteiger partial charge in [0.1, 0.15) is 23.9 Å². The van der Waals surface area contributed by atoms with Crippen LogP contribution in [0.15, 0.2) is 29.9 Å². The van der Waals surface area contributed by atoms with Crippen molar-refractivity contribution in [2.45, 2.75) is 19.4 Å². The molecule has 3 aromatic rings. The van der Waals surface area contributed by atoms with Crippen molar-refractivity contribution < 1.29 is 23.9 Å². The van der Waals surface area contributed by atoms with Gasteiger partial charge in [-0.15, -0.1) is 11.3 Å². The number of thiazole rings is 1. The Morgan fingerprint density at radius 1 is 1.28 bits per heavy atom. The molecule has 0 aromatic carbocycles. The molecular weight excluding hydrogens is 436 g/mol. The molecule has 1 aliphatic rings. The number of primary amides is 1. The van der Waals surface area contributed by atoms with Crippen LogP contribution < -0.4 is 15.8 Å². The maximum atomic E-state index is 12.8. The molecule has 0 fully saturated rings. The van der Waals surface area contributed by atoms with Gasteiger partial charge in [-0.05, 0) is 12.5 Å². The van der Waals surface area contributed by atoms with Crippen LogP contribution in [0.25, 0.3) is 10.6 Å². The van der Waals surface area contributed by atoms with Crippen LogP contribution in [0.2, 0.25) is 0 Å². The Morgan fingerprint density at radius 2 is 2.16 bits per heavy atom. The number of fused-ring (bicyclic) bond motifs is 6. The lowest BCUT2D eigenvalue weighted by Crippen LogP contribution is -2.19. The van der Waals surface area contributed by atoms with Crippen molar-refractivity contribution in [3.05, 3.63) is 41.3 Å². The van der Waals surface area contributed by atoms with E-state index in [1.807, 2.05) is 0 Å². The lowest BCUT2D eigenvalue weighted by Gasteiger charge is -2.08. The molecule has 12 heteroatoms. The number of Topliss-reactive ketones (excluding diaryl/α,β-unsaturated/α-hetero) is 1. The van der Waals surface area contributed by atoms with E-state index in [4.69, 9.17) is 15.2 Å². The highest BCUT2D eigenvalue weighted by molar-refractivity contribution is 7.13. The molecule has 32 heavy (non-hydrogen) atoms. The molecule has 0 radical (unpaired) electrons. The number of nitrogens with one attached hydrogen (secondary N) is 1. The lowest BCUT2D eigenvalue weighted by atomic mass is 10.1. The summed E-state index contributed by atoms with van der Waals surface area (Å²) in [4.78, 5) is 45.3. The molecule has 3 N–H and O–H groups in total. The van der Waals surface area contributed by atoms with Gasteiger partial charge in [-0.25, -0.2) is 9.97 Å². The van der Waals surface area contributed by atoms with E-state index < -0.39 is 11.8 Å². The van der Waals surface area contributed by atoms with Gasteiger partial charge in [0.05, 0.1) is 12.3 Å². The first kappa shape index (κ1) is 21.6. The number of anilines is 1. The normalized spacial score (nSPS) is 15.1. The number of nitrogens with zero attached hydrogens (tertiary/aromatic N) is 4. The number of aromatic nitrogens is 4. The largest absolute Gasteiger partial charge is 0.475 e. The molecule has 1 aliphatic heterocycles. The topological polar surface area (TPSA) is 151 Å². The van der Waals surface area contributed by atoms with Crippen LogP contribution in [-0.2, 0) is 16.1 Å². The minimum atomic E-state index is -0.619. The monoisotopic (exact) mass is 456 g/mol. The van der Waals surface area contributed by atoms with Gasteiger partial charge in [-0.2, -0.15) is 5.10 Å². The number of ketones is 1. The molecule has 0 spiro atoms. The van der Waals surface area contributed by atoms with Crippen LogP contribution in [0.3, 0.4) is 0 Å². The van der Waals surface area contributed by atoms with Gasteiger partial charge in [0.2, 0.25) is 11.8 Å². The maximum Gasteiger partial charge on any atom is 0.275 e. The zero-order valence-corrected chi connectivity index (χ0v) is 17.8. The second-order valence-electron chi connectivity index (χ2n) is 6.92. The van der Waals surface area contributed by atoms with Crippen LogP contribution >= 0.6 is 11.3 Å². The van der Waals surface area contributed by atoms with E-state index in [-0.39, 0.29) is 35.8 Å².